The number of hydrogen-bond donors (Lipinski definition) is 0. The third-order valence-electron chi connectivity index (χ3n) is 3.53. The Labute approximate surface area is 117 Å². The SMILES string of the molecule is COc1ccc2c(c1)C(=CC#N)c1cc(OC)ccc1-2. The van der Waals surface area contributed by atoms with Crippen LogP contribution in [0.15, 0.2) is 42.5 Å². The summed E-state index contributed by atoms with van der Waals surface area (Å²) >= 11 is 0. The summed E-state index contributed by atoms with van der Waals surface area (Å²) in [5.41, 5.74) is 5.19. The number of methoxy groups -OCH3 is 2. The minimum Gasteiger partial charge on any atom is -0.497 e. The van der Waals surface area contributed by atoms with Crippen molar-refractivity contribution in [2.75, 3.05) is 14.2 Å². The van der Waals surface area contributed by atoms with Gasteiger partial charge in [-0.1, -0.05) is 12.1 Å². The van der Waals surface area contributed by atoms with Gasteiger partial charge in [0.2, 0.25) is 0 Å². The zero-order chi connectivity index (χ0) is 14.1. The predicted molar refractivity (Wildman–Crippen MR) is 77.7 cm³/mol. The highest BCUT2D eigenvalue weighted by Gasteiger charge is 2.24. The first-order valence-electron chi connectivity index (χ1n) is 6.25. The maximum atomic E-state index is 9.04. The summed E-state index contributed by atoms with van der Waals surface area (Å²) in [7, 11) is 3.28. The van der Waals surface area contributed by atoms with Crippen molar-refractivity contribution in [1.29, 1.82) is 5.26 Å². The molecule has 0 bridgehead atoms. The van der Waals surface area contributed by atoms with E-state index in [1.54, 1.807) is 20.3 Å². The van der Waals surface area contributed by atoms with Crippen molar-refractivity contribution >= 4 is 5.57 Å². The van der Waals surface area contributed by atoms with E-state index < -0.39 is 0 Å². The molecule has 98 valence electrons. The molecule has 0 aromatic heterocycles. The van der Waals surface area contributed by atoms with Gasteiger partial charge in [-0.15, -0.1) is 0 Å². The molecule has 0 saturated carbocycles. The van der Waals surface area contributed by atoms with Crippen molar-refractivity contribution in [3.8, 4) is 28.7 Å². The number of allylic oxidation sites excluding steroid dienone is 1. The number of hydrogen-bond acceptors (Lipinski definition) is 3. The Morgan fingerprint density at radius 1 is 0.850 bits per heavy atom. The van der Waals surface area contributed by atoms with Crippen LogP contribution in [0.25, 0.3) is 16.7 Å². The third-order valence-corrected chi connectivity index (χ3v) is 3.53. The minimum absolute atomic E-state index is 0.785. The number of fused-ring (bicyclic) bond motifs is 3. The maximum Gasteiger partial charge on any atom is 0.119 e. The van der Waals surface area contributed by atoms with Crippen LogP contribution in [0.1, 0.15) is 11.1 Å². The van der Waals surface area contributed by atoms with Gasteiger partial charge in [-0.25, -0.2) is 0 Å². The second-order valence-electron chi connectivity index (χ2n) is 4.51. The highest BCUT2D eigenvalue weighted by Crippen LogP contribution is 2.46. The smallest absolute Gasteiger partial charge is 0.119 e. The Morgan fingerprint density at radius 2 is 1.35 bits per heavy atom. The molecule has 0 heterocycles. The number of ether oxygens (including phenoxy) is 2. The molecule has 2 aromatic rings. The Balaban J connectivity index is 2.28. The second kappa shape index (κ2) is 4.75. The molecule has 2 aromatic carbocycles. The van der Waals surface area contributed by atoms with E-state index in [2.05, 4.69) is 6.07 Å². The first-order valence-corrected chi connectivity index (χ1v) is 6.25. The van der Waals surface area contributed by atoms with Crippen molar-refractivity contribution in [2.45, 2.75) is 0 Å². The van der Waals surface area contributed by atoms with Crippen molar-refractivity contribution in [1.82, 2.24) is 0 Å². The van der Waals surface area contributed by atoms with Crippen LogP contribution in [0, 0.1) is 11.3 Å². The Bertz CT molecular complexity index is 699. The van der Waals surface area contributed by atoms with Gasteiger partial charge in [0.25, 0.3) is 0 Å². The van der Waals surface area contributed by atoms with E-state index in [0.717, 1.165) is 39.3 Å². The quantitative estimate of drug-likeness (QED) is 0.663. The number of rotatable bonds is 2. The second-order valence-corrected chi connectivity index (χ2v) is 4.51. The van der Waals surface area contributed by atoms with Gasteiger partial charge in [-0.3, -0.25) is 0 Å². The van der Waals surface area contributed by atoms with Crippen LogP contribution < -0.4 is 9.47 Å². The molecule has 0 radical (unpaired) electrons. The van der Waals surface area contributed by atoms with Crippen LogP contribution in [0.4, 0.5) is 0 Å². The minimum atomic E-state index is 0.785. The summed E-state index contributed by atoms with van der Waals surface area (Å²) in [5.74, 6) is 1.57. The molecular formula is C17H13NO2. The molecule has 0 aliphatic heterocycles. The molecule has 0 spiro atoms. The van der Waals surface area contributed by atoms with Crippen LogP contribution in [0.3, 0.4) is 0 Å². The summed E-state index contributed by atoms with van der Waals surface area (Å²) in [5, 5.41) is 9.04. The van der Waals surface area contributed by atoms with Crippen LogP contribution in [0.2, 0.25) is 0 Å². The van der Waals surface area contributed by atoms with Crippen molar-refractivity contribution in [3.05, 3.63) is 53.6 Å². The van der Waals surface area contributed by atoms with E-state index >= 15 is 0 Å². The zero-order valence-electron chi connectivity index (χ0n) is 11.3. The Kier molecular flexibility index (Phi) is 2.92. The molecule has 0 N–H and O–H groups in total. The van der Waals surface area contributed by atoms with Crippen molar-refractivity contribution in [3.63, 3.8) is 0 Å². The van der Waals surface area contributed by atoms with Gasteiger partial charge in [0, 0.05) is 11.6 Å². The van der Waals surface area contributed by atoms with Crippen molar-refractivity contribution in [2.24, 2.45) is 0 Å². The lowest BCUT2D eigenvalue weighted by Gasteiger charge is -2.04. The molecular weight excluding hydrogens is 250 g/mol. The maximum absolute atomic E-state index is 9.04. The molecule has 0 fully saturated rings. The normalized spacial score (nSPS) is 11.3. The highest BCUT2D eigenvalue weighted by molar-refractivity contribution is 6.02. The number of nitriles is 1. The van der Waals surface area contributed by atoms with E-state index in [1.165, 1.54) is 0 Å². The molecule has 1 aliphatic carbocycles. The fourth-order valence-corrected chi connectivity index (χ4v) is 2.58. The summed E-state index contributed by atoms with van der Waals surface area (Å²) < 4.78 is 10.5. The topological polar surface area (TPSA) is 42.2 Å². The van der Waals surface area contributed by atoms with Crippen LogP contribution in [0.5, 0.6) is 11.5 Å². The first-order chi connectivity index (χ1) is 9.78. The predicted octanol–water partition coefficient (Wildman–Crippen LogP) is 3.64. The average molecular weight is 263 g/mol. The van der Waals surface area contributed by atoms with Crippen LogP contribution in [-0.4, -0.2) is 14.2 Å². The Hall–Kier alpha value is -2.73. The largest absolute Gasteiger partial charge is 0.497 e. The van der Waals surface area contributed by atoms with Gasteiger partial charge in [0.1, 0.15) is 11.5 Å². The van der Waals surface area contributed by atoms with Gasteiger partial charge >= 0.3 is 0 Å². The molecule has 20 heavy (non-hydrogen) atoms. The fourth-order valence-electron chi connectivity index (χ4n) is 2.58. The molecule has 1 aliphatic rings. The molecule has 3 rings (SSSR count). The van der Waals surface area contributed by atoms with Gasteiger partial charge in [-0.2, -0.15) is 5.26 Å². The van der Waals surface area contributed by atoms with E-state index in [1.807, 2.05) is 36.4 Å². The van der Waals surface area contributed by atoms with E-state index in [0.29, 0.717) is 0 Å². The van der Waals surface area contributed by atoms with Gasteiger partial charge in [0.05, 0.1) is 20.3 Å². The number of nitrogens with zero attached hydrogens (tertiary/aromatic N) is 1. The molecule has 0 saturated heterocycles. The summed E-state index contributed by atoms with van der Waals surface area (Å²) in [4.78, 5) is 0. The third kappa shape index (κ3) is 1.74. The standard InChI is InChI=1S/C17H13NO2/c1-19-11-3-5-13-14-6-4-12(20-2)10-17(14)15(7-8-18)16(13)9-11/h3-7,9-10H,1-2H3. The van der Waals surface area contributed by atoms with Crippen molar-refractivity contribution < 1.29 is 9.47 Å². The molecule has 0 unspecified atom stereocenters. The van der Waals surface area contributed by atoms with Crippen LogP contribution >= 0.6 is 0 Å². The highest BCUT2D eigenvalue weighted by atomic mass is 16.5. The molecule has 0 atom stereocenters. The summed E-state index contributed by atoms with van der Waals surface area (Å²) in [6.45, 7) is 0. The van der Waals surface area contributed by atoms with Gasteiger partial charge in [-0.05, 0) is 46.5 Å². The Morgan fingerprint density at radius 3 is 1.75 bits per heavy atom. The number of benzene rings is 2. The first kappa shape index (κ1) is 12.3. The molecule has 3 heteroatoms. The lowest BCUT2D eigenvalue weighted by Crippen LogP contribution is -1.86. The van der Waals surface area contributed by atoms with Crippen LogP contribution in [-0.2, 0) is 0 Å². The van der Waals surface area contributed by atoms with E-state index in [-0.39, 0.29) is 0 Å². The van der Waals surface area contributed by atoms with Gasteiger partial charge in [0.15, 0.2) is 0 Å². The summed E-state index contributed by atoms with van der Waals surface area (Å²) in [6.07, 6.45) is 1.57. The fraction of sp³-hybridized carbons (Fsp3) is 0.118. The molecule has 3 nitrogen and oxygen atoms in total. The summed E-state index contributed by atoms with van der Waals surface area (Å²) in [6, 6.07) is 14.0. The lowest BCUT2D eigenvalue weighted by molar-refractivity contribution is 0.414. The van der Waals surface area contributed by atoms with Gasteiger partial charge < -0.3 is 9.47 Å². The van der Waals surface area contributed by atoms with E-state index in [4.69, 9.17) is 14.7 Å². The average Bonchev–Trinajstić information content (AvgIpc) is 2.80. The van der Waals surface area contributed by atoms with E-state index in [9.17, 15) is 0 Å². The molecule has 0 amide bonds. The lowest BCUT2D eigenvalue weighted by atomic mass is 10.0. The monoisotopic (exact) mass is 263 g/mol. The zero-order valence-corrected chi connectivity index (χ0v) is 11.3.